The lowest BCUT2D eigenvalue weighted by atomic mass is 9.84. The van der Waals surface area contributed by atoms with Crippen LogP contribution in [0.15, 0.2) is 170 Å². The van der Waals surface area contributed by atoms with Crippen molar-refractivity contribution in [3.63, 3.8) is 0 Å². The SMILES string of the molecule is C.CCCC[C@@H]1NC(=O)[C@H](Cc2ccc(O)cc2)NC(=O)[C@H](Cc2c[nH]c3ccccc23)NC(=O)CN(C)C(=O)[C@H](Cc2ccc(O)cc2)NC(=O)[C@H](Cc2ccccc2)N(C)C(=O)[C@H](C(C)C)CC(=O)[C@H](COC=O)CC(=O)CN(C)C(=O)[C@H](CCCC)N(C)C(=O)[C@H](Cc2ccccc2)N(C)C(=O)[C@H](Cc2ccccc2)NC(=O)CSC[C@@H](C(=O)CCC(N)=O)NC1=O. The number of likely N-dealkylation sites (N-methyl/N-ethyl adjacent to an activating group) is 5. The van der Waals surface area contributed by atoms with Gasteiger partial charge in [0.1, 0.15) is 72.2 Å². The topological polar surface area (TPSA) is 453 Å². The van der Waals surface area contributed by atoms with Gasteiger partial charge in [0.2, 0.25) is 70.9 Å². The lowest BCUT2D eigenvalue weighted by molar-refractivity contribution is -0.151. The molecule has 0 unspecified atom stereocenters. The number of hydrogen-bond acceptors (Lipinski definition) is 20. The first-order valence-corrected chi connectivity index (χ1v) is 44.6. The number of hydrogen-bond donors (Lipinski definition) is 10. The standard InChI is InChI=1S/C96H121N13O19S.CH4/c1-10-12-32-74-88(119)104-79(83(114)43-44-85(97)116)57-129-58-87(118)100-78(46-61-25-17-14-18-26-61)94(125)109(9)82(49-63-29-21-16-22-30-63)96(127)107(7)80(34-13-11-2)95(126)105(5)54-70(113)50-67(56-128-59-110)84(115)52-72(60(3)4)92(123)108(8)81(48-62-27-19-15-20-28-62)91(122)103-77(47-65-37-41-69(112)42-38-65)93(124)106(6)55-86(117)99-76(51-66-53-98-73-33-24-23-31-71(66)73)90(121)102-75(89(120)101-74)45-64-35-39-68(111)40-36-64;/h14-31,33,35-42,53,59-60,67,72,74-82,98,111-112H,10-13,32,34,43-52,54-58H2,1-9H3,(H2,97,116)(H,99,117)(H,100,118)(H,101,120)(H,102,121)(H,103,122)(H,104,119);1H4/t67-,72-,74-,75-,76-,77-,78-,79-,80-,81-,82-;/m0./s1. The summed E-state index contributed by atoms with van der Waals surface area (Å²) in [5.41, 5.74) is 9.38. The zero-order chi connectivity index (χ0) is 94.0. The van der Waals surface area contributed by atoms with Crippen LogP contribution in [-0.4, -0.2) is 255 Å². The van der Waals surface area contributed by atoms with Crippen molar-refractivity contribution in [2.24, 2.45) is 23.5 Å². The molecule has 0 radical (unpaired) electrons. The number of phenolic OH excluding ortho intramolecular Hbond substituents is 2. The Balaban J connectivity index is 0.0000231. The summed E-state index contributed by atoms with van der Waals surface area (Å²) < 4.78 is 5.16. The Hall–Kier alpha value is -13.1. The number of amides is 12. The Morgan fingerprint density at radius 3 is 1.52 bits per heavy atom. The summed E-state index contributed by atoms with van der Waals surface area (Å²) in [5.74, 6) is -15.9. The van der Waals surface area contributed by atoms with E-state index in [1.165, 1.54) is 93.6 Å². The van der Waals surface area contributed by atoms with Crippen molar-refractivity contribution in [3.8, 4) is 11.5 Å². The molecule has 1 saturated heterocycles. The van der Waals surface area contributed by atoms with Gasteiger partial charge in [-0.2, -0.15) is 0 Å². The van der Waals surface area contributed by atoms with Gasteiger partial charge in [-0.25, -0.2) is 0 Å². The summed E-state index contributed by atoms with van der Waals surface area (Å²) in [6.45, 7) is 5.19. The van der Waals surface area contributed by atoms with Gasteiger partial charge in [0.15, 0.2) is 11.6 Å². The molecule has 0 spiro atoms. The highest BCUT2D eigenvalue weighted by atomic mass is 32.2. The number of ketones is 3. The van der Waals surface area contributed by atoms with E-state index in [2.05, 4.69) is 36.9 Å². The number of thioether (sulfide) groups is 1. The van der Waals surface area contributed by atoms with Gasteiger partial charge in [0.25, 0.3) is 6.47 Å². The molecule has 698 valence electrons. The first kappa shape index (κ1) is 104. The van der Waals surface area contributed by atoms with Crippen LogP contribution in [0.5, 0.6) is 11.5 Å². The van der Waals surface area contributed by atoms with Crippen molar-refractivity contribution < 1.29 is 91.7 Å². The summed E-state index contributed by atoms with van der Waals surface area (Å²) in [6.07, 6.45) is 0.391. The van der Waals surface area contributed by atoms with Gasteiger partial charge in [0.05, 0.1) is 30.8 Å². The molecule has 1 fully saturated rings. The number of primary amides is 1. The number of carbonyl (C=O) groups is 16. The number of rotatable bonds is 26. The molecule has 33 heteroatoms. The van der Waals surface area contributed by atoms with Gasteiger partial charge in [-0.05, 0) is 82.5 Å². The molecule has 7 aromatic rings. The largest absolute Gasteiger partial charge is 0.508 e. The van der Waals surface area contributed by atoms with Gasteiger partial charge in [0, 0.05) is 128 Å². The van der Waals surface area contributed by atoms with Crippen molar-refractivity contribution in [3.05, 3.63) is 203 Å². The Bertz CT molecular complexity index is 5000. The van der Waals surface area contributed by atoms with Gasteiger partial charge in [-0.1, -0.05) is 194 Å². The van der Waals surface area contributed by atoms with E-state index in [-0.39, 0.29) is 82.5 Å². The van der Waals surface area contributed by atoms with Crippen molar-refractivity contribution >= 4 is 117 Å². The van der Waals surface area contributed by atoms with E-state index in [1.807, 2.05) is 13.8 Å². The number of unbranched alkanes of at least 4 members (excludes halogenated alkanes) is 2. The predicted molar refractivity (Wildman–Crippen MR) is 492 cm³/mol. The second-order valence-electron chi connectivity index (χ2n) is 33.3. The fourth-order valence-corrected chi connectivity index (χ4v) is 16.4. The molecule has 130 heavy (non-hydrogen) atoms. The zero-order valence-corrected chi connectivity index (χ0v) is 75.4. The number of benzene rings is 6. The van der Waals surface area contributed by atoms with E-state index in [0.29, 0.717) is 70.0 Å². The Morgan fingerprint density at radius 2 is 0.954 bits per heavy atom. The van der Waals surface area contributed by atoms with E-state index < -0.39 is 211 Å². The number of aromatic nitrogens is 1. The predicted octanol–water partition coefficient (Wildman–Crippen LogP) is 6.22. The number of aromatic amines is 1. The average molecular weight is 1810 g/mol. The van der Waals surface area contributed by atoms with E-state index in [9.17, 15) is 48.6 Å². The summed E-state index contributed by atoms with van der Waals surface area (Å²) >= 11 is 0.886. The van der Waals surface area contributed by atoms with Crippen LogP contribution < -0.4 is 37.6 Å². The van der Waals surface area contributed by atoms with Crippen LogP contribution in [0.4, 0.5) is 0 Å². The molecule has 1 aliphatic rings. The normalized spacial score (nSPS) is 21.8. The van der Waals surface area contributed by atoms with Crippen LogP contribution in [0.3, 0.4) is 0 Å². The number of nitrogens with one attached hydrogen (secondary N) is 7. The van der Waals surface area contributed by atoms with E-state index in [4.69, 9.17) is 10.5 Å². The molecular formula is C97H125N13O19S. The van der Waals surface area contributed by atoms with Gasteiger partial charge >= 0.3 is 0 Å². The molecule has 1 aliphatic heterocycles. The zero-order valence-electron chi connectivity index (χ0n) is 74.6. The first-order chi connectivity index (χ1) is 61.7. The van der Waals surface area contributed by atoms with E-state index in [0.717, 1.165) is 26.5 Å². The summed E-state index contributed by atoms with van der Waals surface area (Å²) in [4.78, 5) is 244. The number of carbonyl (C=O) groups excluding carboxylic acids is 16. The highest BCUT2D eigenvalue weighted by molar-refractivity contribution is 8.00. The molecule has 2 heterocycles. The van der Waals surface area contributed by atoms with Crippen molar-refractivity contribution in [2.75, 3.05) is 66.4 Å². The highest BCUT2D eigenvalue weighted by Gasteiger charge is 2.42. The number of ether oxygens (including phenoxy) is 1. The molecule has 0 saturated carbocycles. The lowest BCUT2D eigenvalue weighted by Crippen LogP contribution is -2.59. The van der Waals surface area contributed by atoms with Crippen LogP contribution in [0, 0.1) is 17.8 Å². The van der Waals surface area contributed by atoms with Crippen molar-refractivity contribution in [1.29, 1.82) is 0 Å². The molecule has 8 rings (SSSR count). The number of fused-ring (bicyclic) bond motifs is 1. The Kier molecular flexibility index (Phi) is 41.4. The Morgan fingerprint density at radius 1 is 0.485 bits per heavy atom. The number of phenols is 2. The van der Waals surface area contributed by atoms with Crippen LogP contribution in [0.25, 0.3) is 10.9 Å². The molecule has 0 aliphatic carbocycles. The molecule has 12 amide bonds. The fourth-order valence-electron chi connectivity index (χ4n) is 15.5. The summed E-state index contributed by atoms with van der Waals surface area (Å²) in [7, 11) is 6.82. The lowest BCUT2D eigenvalue weighted by Gasteiger charge is -2.37. The van der Waals surface area contributed by atoms with Crippen LogP contribution >= 0.6 is 11.8 Å². The molecule has 1 aromatic heterocycles. The smallest absolute Gasteiger partial charge is 0.293 e. The number of H-pyrrole nitrogens is 1. The third-order valence-electron chi connectivity index (χ3n) is 23.1. The minimum Gasteiger partial charge on any atom is -0.508 e. The van der Waals surface area contributed by atoms with Crippen molar-refractivity contribution in [2.45, 2.75) is 192 Å². The maximum atomic E-state index is 15.6. The molecule has 11 N–H and O–H groups in total. The maximum absolute atomic E-state index is 15.6. The summed E-state index contributed by atoms with van der Waals surface area (Å²) in [5, 5.41) is 38.2. The van der Waals surface area contributed by atoms with Crippen LogP contribution in [-0.2, 0) is 120 Å². The second kappa shape index (κ2) is 51.8. The van der Waals surface area contributed by atoms with Gasteiger partial charge in [-0.15, -0.1) is 11.8 Å². The number of nitrogens with zero attached hydrogens (tertiary/aromatic N) is 5. The molecule has 0 bridgehead atoms. The monoisotopic (exact) mass is 1810 g/mol. The fraction of sp³-hybridized carbons (Fsp3) is 0.443. The molecule has 11 atom stereocenters. The minimum atomic E-state index is -1.57. The molecule has 6 aromatic carbocycles. The van der Waals surface area contributed by atoms with Gasteiger partial charge < -0.3 is 82.1 Å². The highest BCUT2D eigenvalue weighted by Crippen LogP contribution is 2.28. The number of nitrogens with two attached hydrogens (primary N) is 1. The Labute approximate surface area is 763 Å². The number of aromatic hydroxyl groups is 2. The van der Waals surface area contributed by atoms with Crippen LogP contribution in [0.2, 0.25) is 0 Å². The van der Waals surface area contributed by atoms with Gasteiger partial charge in [-0.3, -0.25) is 76.7 Å². The van der Waals surface area contributed by atoms with E-state index in [1.54, 1.807) is 135 Å². The maximum Gasteiger partial charge on any atom is 0.293 e. The minimum absolute atomic E-state index is 0. The van der Waals surface area contributed by atoms with E-state index >= 15 is 38.4 Å². The first-order valence-electron chi connectivity index (χ1n) is 43.5. The van der Waals surface area contributed by atoms with Crippen LogP contribution in [0.1, 0.15) is 133 Å². The summed E-state index contributed by atoms with van der Waals surface area (Å²) in [6, 6.07) is 31.9. The number of Topliss-reactive ketones (excluding diaryl/α,β-unsaturated/α-hetero) is 3. The second-order valence-corrected chi connectivity index (χ2v) is 34.3. The number of para-hydroxylation sites is 1. The quantitative estimate of drug-likeness (QED) is 0.0269. The average Bonchev–Trinajstić information content (AvgIpc) is 1.49. The molecular weight excluding hydrogens is 1680 g/mol. The third-order valence-corrected chi connectivity index (χ3v) is 24.1. The molecule has 32 nitrogen and oxygen atoms in total. The third kappa shape index (κ3) is 31.4. The van der Waals surface area contributed by atoms with Crippen molar-refractivity contribution in [1.82, 2.24) is 61.4 Å².